The molecule has 0 saturated carbocycles. The molecule has 1 atom stereocenters. The van der Waals surface area contributed by atoms with Gasteiger partial charge in [-0.05, 0) is 36.8 Å². The maximum atomic E-state index is 12.1. The third-order valence-electron chi connectivity index (χ3n) is 3.51. The van der Waals surface area contributed by atoms with Crippen LogP contribution < -0.4 is 10.1 Å². The van der Waals surface area contributed by atoms with Crippen molar-refractivity contribution in [3.63, 3.8) is 0 Å². The lowest BCUT2D eigenvalue weighted by Gasteiger charge is -2.12. The molecule has 1 N–H and O–H groups in total. The summed E-state index contributed by atoms with van der Waals surface area (Å²) in [6.45, 7) is 1.41. The molecule has 0 radical (unpaired) electrons. The maximum absolute atomic E-state index is 12.1. The highest BCUT2D eigenvalue weighted by Crippen LogP contribution is 2.17. The molecule has 2 aromatic carbocycles. The molecule has 0 aromatic heterocycles. The first kappa shape index (κ1) is 19.6. The highest BCUT2D eigenvalue weighted by molar-refractivity contribution is 5.96. The fourth-order valence-corrected chi connectivity index (χ4v) is 2.09. The van der Waals surface area contributed by atoms with Crippen molar-refractivity contribution in [2.24, 2.45) is 0 Å². The Bertz CT molecular complexity index is 861. The second-order valence-electron chi connectivity index (χ2n) is 5.48. The highest BCUT2D eigenvalue weighted by atomic mass is 16.6. The first-order valence-electron chi connectivity index (χ1n) is 7.97. The zero-order valence-corrected chi connectivity index (χ0v) is 14.7. The number of benzene rings is 2. The Morgan fingerprint density at radius 3 is 2.52 bits per heavy atom. The average molecular weight is 370 g/mol. The van der Waals surface area contributed by atoms with Crippen LogP contribution in [-0.4, -0.2) is 30.0 Å². The van der Waals surface area contributed by atoms with Gasteiger partial charge in [-0.2, -0.15) is 0 Å². The molecule has 0 heterocycles. The normalized spacial score (nSPS) is 11.6. The number of non-ortho nitro benzene ring substituents is 1. The number of carbonyl (C=O) groups excluding carboxylic acids is 2. The second-order valence-corrected chi connectivity index (χ2v) is 5.48. The predicted octanol–water partition coefficient (Wildman–Crippen LogP) is 3.19. The Morgan fingerprint density at radius 1 is 1.19 bits per heavy atom. The van der Waals surface area contributed by atoms with E-state index >= 15 is 0 Å². The van der Waals surface area contributed by atoms with E-state index in [4.69, 9.17) is 9.47 Å². The fraction of sp³-hybridized carbons (Fsp3) is 0.158. The maximum Gasteiger partial charge on any atom is 0.331 e. The molecule has 0 aliphatic heterocycles. The number of nitro benzene ring substituents is 1. The summed E-state index contributed by atoms with van der Waals surface area (Å²) < 4.78 is 10.1. The zero-order valence-electron chi connectivity index (χ0n) is 14.7. The fourth-order valence-electron chi connectivity index (χ4n) is 2.09. The Balaban J connectivity index is 1.91. The van der Waals surface area contributed by atoms with Gasteiger partial charge in [-0.25, -0.2) is 4.79 Å². The van der Waals surface area contributed by atoms with E-state index in [2.05, 4.69) is 5.32 Å². The minimum Gasteiger partial charge on any atom is -0.497 e. The van der Waals surface area contributed by atoms with Crippen LogP contribution in [0.15, 0.2) is 54.6 Å². The van der Waals surface area contributed by atoms with Crippen molar-refractivity contribution in [1.82, 2.24) is 0 Å². The molecule has 8 nitrogen and oxygen atoms in total. The number of anilines is 1. The van der Waals surface area contributed by atoms with Gasteiger partial charge in [-0.15, -0.1) is 0 Å². The summed E-state index contributed by atoms with van der Waals surface area (Å²) in [5.41, 5.74) is 0.854. The second kappa shape index (κ2) is 9.14. The van der Waals surface area contributed by atoms with Crippen molar-refractivity contribution < 1.29 is 24.0 Å². The molecule has 27 heavy (non-hydrogen) atoms. The van der Waals surface area contributed by atoms with Gasteiger partial charge in [0.2, 0.25) is 0 Å². The number of carbonyl (C=O) groups is 2. The van der Waals surface area contributed by atoms with E-state index in [0.717, 1.165) is 5.56 Å². The van der Waals surface area contributed by atoms with Gasteiger partial charge in [0.1, 0.15) is 5.75 Å². The number of esters is 1. The van der Waals surface area contributed by atoms with Crippen molar-refractivity contribution in [3.05, 3.63) is 70.3 Å². The van der Waals surface area contributed by atoms with Gasteiger partial charge >= 0.3 is 5.97 Å². The molecule has 8 heteroatoms. The molecule has 0 saturated heterocycles. The summed E-state index contributed by atoms with van der Waals surface area (Å²) in [6, 6.07) is 12.5. The van der Waals surface area contributed by atoms with E-state index in [1.807, 2.05) is 0 Å². The molecular weight excluding hydrogens is 352 g/mol. The summed E-state index contributed by atoms with van der Waals surface area (Å²) in [4.78, 5) is 34.1. The van der Waals surface area contributed by atoms with Crippen LogP contribution in [0, 0.1) is 10.1 Å². The topological polar surface area (TPSA) is 108 Å². The number of hydrogen-bond donors (Lipinski definition) is 1. The number of methoxy groups -OCH3 is 1. The Hall–Kier alpha value is -3.68. The molecule has 2 rings (SSSR count). The molecule has 0 spiro atoms. The molecule has 0 aliphatic rings. The molecule has 0 bridgehead atoms. The van der Waals surface area contributed by atoms with Gasteiger partial charge in [0, 0.05) is 23.9 Å². The SMILES string of the molecule is COc1ccc(/C=C/C(=O)O[C@@H](C)C(=O)Nc2cccc([N+](=O)[O-])c2)cc1. The van der Waals surface area contributed by atoms with Gasteiger partial charge in [0.25, 0.3) is 11.6 Å². The van der Waals surface area contributed by atoms with Crippen LogP contribution in [0.5, 0.6) is 5.75 Å². The molecule has 0 aliphatic carbocycles. The van der Waals surface area contributed by atoms with Crippen molar-refractivity contribution >= 4 is 29.3 Å². The summed E-state index contributed by atoms with van der Waals surface area (Å²) in [5, 5.41) is 13.2. The molecular formula is C19H18N2O6. The smallest absolute Gasteiger partial charge is 0.331 e. The minimum absolute atomic E-state index is 0.153. The number of nitrogens with one attached hydrogen (secondary N) is 1. The third-order valence-corrected chi connectivity index (χ3v) is 3.51. The number of rotatable bonds is 7. The average Bonchev–Trinajstić information content (AvgIpc) is 2.66. The molecule has 1 amide bonds. The monoisotopic (exact) mass is 370 g/mol. The van der Waals surface area contributed by atoms with Crippen LogP contribution in [0.2, 0.25) is 0 Å². The summed E-state index contributed by atoms with van der Waals surface area (Å²) in [5.74, 6) is -0.588. The van der Waals surface area contributed by atoms with Crippen LogP contribution in [-0.2, 0) is 14.3 Å². The van der Waals surface area contributed by atoms with E-state index in [1.54, 1.807) is 37.5 Å². The highest BCUT2D eigenvalue weighted by Gasteiger charge is 2.17. The molecule has 0 fully saturated rings. The van der Waals surface area contributed by atoms with Crippen LogP contribution in [0.4, 0.5) is 11.4 Å². The van der Waals surface area contributed by atoms with Gasteiger partial charge in [0.15, 0.2) is 6.10 Å². The van der Waals surface area contributed by atoms with Gasteiger partial charge in [-0.1, -0.05) is 18.2 Å². The van der Waals surface area contributed by atoms with Gasteiger partial charge in [-0.3, -0.25) is 14.9 Å². The van der Waals surface area contributed by atoms with E-state index < -0.39 is 22.9 Å². The Kier molecular flexibility index (Phi) is 6.65. The van der Waals surface area contributed by atoms with E-state index in [1.165, 1.54) is 37.3 Å². The zero-order chi connectivity index (χ0) is 19.8. The number of amides is 1. The number of nitro groups is 1. The van der Waals surface area contributed by atoms with Gasteiger partial charge < -0.3 is 14.8 Å². The third kappa shape index (κ3) is 5.96. The Labute approximate surface area is 155 Å². The quantitative estimate of drug-likeness (QED) is 0.347. The van der Waals surface area contributed by atoms with E-state index in [-0.39, 0.29) is 11.4 Å². The lowest BCUT2D eigenvalue weighted by atomic mass is 10.2. The molecule has 0 unspecified atom stereocenters. The van der Waals surface area contributed by atoms with Crippen molar-refractivity contribution in [2.75, 3.05) is 12.4 Å². The van der Waals surface area contributed by atoms with Crippen molar-refractivity contribution in [2.45, 2.75) is 13.0 Å². The van der Waals surface area contributed by atoms with Crippen LogP contribution in [0.25, 0.3) is 6.08 Å². The van der Waals surface area contributed by atoms with E-state index in [9.17, 15) is 19.7 Å². The standard InChI is InChI=1S/C19H18N2O6/c1-13(19(23)20-15-4-3-5-16(12-15)21(24)25)27-18(22)11-8-14-6-9-17(26-2)10-7-14/h3-13H,1-2H3,(H,20,23)/b11-8+/t13-/m0/s1. The number of ether oxygens (including phenoxy) is 2. The Morgan fingerprint density at radius 2 is 1.89 bits per heavy atom. The van der Waals surface area contributed by atoms with E-state index in [0.29, 0.717) is 5.75 Å². The first-order valence-corrected chi connectivity index (χ1v) is 7.97. The summed E-state index contributed by atoms with van der Waals surface area (Å²) >= 11 is 0. The summed E-state index contributed by atoms with van der Waals surface area (Å²) in [7, 11) is 1.56. The largest absolute Gasteiger partial charge is 0.497 e. The van der Waals surface area contributed by atoms with Crippen LogP contribution in [0.1, 0.15) is 12.5 Å². The van der Waals surface area contributed by atoms with Crippen molar-refractivity contribution in [3.8, 4) is 5.75 Å². The molecule has 140 valence electrons. The van der Waals surface area contributed by atoms with Crippen LogP contribution in [0.3, 0.4) is 0 Å². The van der Waals surface area contributed by atoms with Crippen LogP contribution >= 0.6 is 0 Å². The lowest BCUT2D eigenvalue weighted by molar-refractivity contribution is -0.384. The molecule has 2 aromatic rings. The number of nitrogens with zero attached hydrogens (tertiary/aromatic N) is 1. The number of hydrogen-bond acceptors (Lipinski definition) is 6. The minimum atomic E-state index is -1.07. The predicted molar refractivity (Wildman–Crippen MR) is 99.3 cm³/mol. The summed E-state index contributed by atoms with van der Waals surface area (Å²) in [6.07, 6.45) is 1.68. The van der Waals surface area contributed by atoms with Crippen molar-refractivity contribution in [1.29, 1.82) is 0 Å². The first-order chi connectivity index (χ1) is 12.9. The lowest BCUT2D eigenvalue weighted by Crippen LogP contribution is -2.29. The van der Waals surface area contributed by atoms with Gasteiger partial charge in [0.05, 0.1) is 12.0 Å².